The smallest absolute Gasteiger partial charge is 0.262 e. The quantitative estimate of drug-likeness (QED) is 0.790. The van der Waals surface area contributed by atoms with E-state index in [-0.39, 0.29) is 5.56 Å². The number of rotatable bonds is 3. The lowest BCUT2D eigenvalue weighted by Gasteiger charge is -2.10. The van der Waals surface area contributed by atoms with Crippen LogP contribution >= 0.6 is 11.3 Å². The van der Waals surface area contributed by atoms with Gasteiger partial charge in [0.05, 0.1) is 28.4 Å². The number of nitrogens with two attached hydrogens (primary N) is 1. The first-order chi connectivity index (χ1) is 11.4. The summed E-state index contributed by atoms with van der Waals surface area (Å²) in [6, 6.07) is 9.10. The molecule has 2 heterocycles. The van der Waals surface area contributed by atoms with Crippen LogP contribution < -0.4 is 11.3 Å². The molecule has 1 aromatic carbocycles. The standard InChI is InChI=1S/C17H14N4O2S/c1-9-13-16(24-14(9)15(19)22)20-10(2)21(17(13)23)8-12-5-3-11(7-18)4-6-12/h3-6H,8H2,1-2H3,(H2,19,22). The molecule has 0 unspecified atom stereocenters. The van der Waals surface area contributed by atoms with Crippen molar-refractivity contribution in [3.8, 4) is 6.07 Å². The second-order valence-corrected chi connectivity index (χ2v) is 6.46. The van der Waals surface area contributed by atoms with Crippen molar-refractivity contribution in [2.45, 2.75) is 20.4 Å². The summed E-state index contributed by atoms with van der Waals surface area (Å²) in [5, 5.41) is 9.29. The number of hydrogen-bond acceptors (Lipinski definition) is 5. The first-order valence-corrected chi connectivity index (χ1v) is 8.03. The highest BCUT2D eigenvalue weighted by Crippen LogP contribution is 2.27. The van der Waals surface area contributed by atoms with Gasteiger partial charge in [0.25, 0.3) is 11.5 Å². The zero-order valence-corrected chi connectivity index (χ0v) is 14.0. The molecule has 0 atom stereocenters. The van der Waals surface area contributed by atoms with Crippen LogP contribution in [0.25, 0.3) is 10.2 Å². The van der Waals surface area contributed by atoms with Crippen LogP contribution in [0.3, 0.4) is 0 Å². The van der Waals surface area contributed by atoms with E-state index < -0.39 is 5.91 Å². The Bertz CT molecular complexity index is 1060. The minimum atomic E-state index is -0.550. The van der Waals surface area contributed by atoms with E-state index in [0.717, 1.165) is 16.9 Å². The van der Waals surface area contributed by atoms with Crippen molar-refractivity contribution in [3.05, 3.63) is 62.0 Å². The van der Waals surface area contributed by atoms with Gasteiger partial charge in [0.1, 0.15) is 10.7 Å². The Morgan fingerprint density at radius 1 is 1.33 bits per heavy atom. The molecule has 0 saturated carbocycles. The van der Waals surface area contributed by atoms with Crippen molar-refractivity contribution < 1.29 is 4.79 Å². The first kappa shape index (κ1) is 15.9. The van der Waals surface area contributed by atoms with Gasteiger partial charge in [0.15, 0.2) is 0 Å². The second-order valence-electron chi connectivity index (χ2n) is 5.46. The molecule has 2 N–H and O–H groups in total. The molecule has 0 spiro atoms. The largest absolute Gasteiger partial charge is 0.365 e. The lowest BCUT2D eigenvalue weighted by atomic mass is 10.1. The van der Waals surface area contributed by atoms with Gasteiger partial charge in [-0.15, -0.1) is 11.3 Å². The van der Waals surface area contributed by atoms with Crippen molar-refractivity contribution in [2.24, 2.45) is 5.73 Å². The summed E-state index contributed by atoms with van der Waals surface area (Å²) in [5.74, 6) is 0.0142. The van der Waals surface area contributed by atoms with Gasteiger partial charge in [0.2, 0.25) is 0 Å². The number of aryl methyl sites for hydroxylation is 2. The Hall–Kier alpha value is -2.98. The summed E-state index contributed by atoms with van der Waals surface area (Å²) < 4.78 is 1.56. The fourth-order valence-electron chi connectivity index (χ4n) is 2.61. The molecule has 1 amide bonds. The molecule has 120 valence electrons. The minimum Gasteiger partial charge on any atom is -0.365 e. The van der Waals surface area contributed by atoms with E-state index in [2.05, 4.69) is 11.1 Å². The fraction of sp³-hybridized carbons (Fsp3) is 0.176. The van der Waals surface area contributed by atoms with E-state index in [9.17, 15) is 9.59 Å². The van der Waals surface area contributed by atoms with Crippen LogP contribution in [0.15, 0.2) is 29.1 Å². The number of aromatic nitrogens is 2. The van der Waals surface area contributed by atoms with Gasteiger partial charge in [-0.2, -0.15) is 5.26 Å². The molecule has 3 rings (SSSR count). The minimum absolute atomic E-state index is 0.192. The van der Waals surface area contributed by atoms with E-state index in [0.29, 0.717) is 38.6 Å². The van der Waals surface area contributed by atoms with Gasteiger partial charge in [-0.25, -0.2) is 4.98 Å². The highest BCUT2D eigenvalue weighted by Gasteiger charge is 2.19. The average Bonchev–Trinajstić information content (AvgIpc) is 2.89. The maximum absolute atomic E-state index is 12.9. The van der Waals surface area contributed by atoms with E-state index in [1.807, 2.05) is 12.1 Å². The molecule has 0 aliphatic rings. The monoisotopic (exact) mass is 338 g/mol. The van der Waals surface area contributed by atoms with Crippen LogP contribution in [0.1, 0.15) is 32.2 Å². The number of thiophene rings is 1. The maximum Gasteiger partial charge on any atom is 0.262 e. The Balaban J connectivity index is 2.14. The third-order valence-electron chi connectivity index (χ3n) is 3.89. The zero-order chi connectivity index (χ0) is 17.4. The Morgan fingerprint density at radius 3 is 2.58 bits per heavy atom. The van der Waals surface area contributed by atoms with Crippen molar-refractivity contribution >= 4 is 27.5 Å². The summed E-state index contributed by atoms with van der Waals surface area (Å²) in [6.45, 7) is 3.81. The van der Waals surface area contributed by atoms with Gasteiger partial charge in [-0.1, -0.05) is 12.1 Å². The van der Waals surface area contributed by atoms with Gasteiger partial charge in [0, 0.05) is 0 Å². The molecule has 0 fully saturated rings. The topological polar surface area (TPSA) is 102 Å². The maximum atomic E-state index is 12.9. The third-order valence-corrected chi connectivity index (χ3v) is 5.09. The highest BCUT2D eigenvalue weighted by atomic mass is 32.1. The molecule has 0 radical (unpaired) electrons. The highest BCUT2D eigenvalue weighted by molar-refractivity contribution is 7.20. The van der Waals surface area contributed by atoms with Crippen LogP contribution in [-0.4, -0.2) is 15.5 Å². The lowest BCUT2D eigenvalue weighted by molar-refractivity contribution is 0.100. The van der Waals surface area contributed by atoms with Crippen molar-refractivity contribution in [1.82, 2.24) is 9.55 Å². The molecule has 0 aliphatic carbocycles. The van der Waals surface area contributed by atoms with Crippen molar-refractivity contribution in [3.63, 3.8) is 0 Å². The summed E-state index contributed by atoms with van der Waals surface area (Å²) in [6.07, 6.45) is 0. The van der Waals surface area contributed by atoms with Gasteiger partial charge in [-0.05, 0) is 37.1 Å². The predicted octanol–water partition coefficient (Wildman–Crippen LogP) is 2.09. The van der Waals surface area contributed by atoms with Crippen LogP contribution in [0.5, 0.6) is 0 Å². The SMILES string of the molecule is Cc1c(C(N)=O)sc2nc(C)n(Cc3ccc(C#N)cc3)c(=O)c12. The fourth-order valence-corrected chi connectivity index (χ4v) is 3.68. The normalized spacial score (nSPS) is 10.7. The summed E-state index contributed by atoms with van der Waals surface area (Å²) in [7, 11) is 0. The molecular formula is C17H14N4O2S. The van der Waals surface area contributed by atoms with E-state index in [1.165, 1.54) is 0 Å². The first-order valence-electron chi connectivity index (χ1n) is 7.21. The summed E-state index contributed by atoms with van der Waals surface area (Å²) in [4.78, 5) is 29.7. The number of fused-ring (bicyclic) bond motifs is 1. The average molecular weight is 338 g/mol. The van der Waals surface area contributed by atoms with Gasteiger partial charge in [-0.3, -0.25) is 14.2 Å². The van der Waals surface area contributed by atoms with Crippen LogP contribution in [0.2, 0.25) is 0 Å². The molecule has 7 heteroatoms. The Kier molecular flexibility index (Phi) is 3.91. The van der Waals surface area contributed by atoms with E-state index >= 15 is 0 Å². The van der Waals surface area contributed by atoms with Crippen LogP contribution in [0, 0.1) is 25.2 Å². The number of hydrogen-bond donors (Lipinski definition) is 1. The summed E-state index contributed by atoms with van der Waals surface area (Å²) >= 11 is 1.15. The Morgan fingerprint density at radius 2 is 2.00 bits per heavy atom. The number of nitrogens with zero attached hydrogens (tertiary/aromatic N) is 3. The zero-order valence-electron chi connectivity index (χ0n) is 13.2. The van der Waals surface area contributed by atoms with Crippen LogP contribution in [-0.2, 0) is 6.54 Å². The molecular weight excluding hydrogens is 324 g/mol. The Labute approximate surface area is 141 Å². The molecule has 0 bridgehead atoms. The lowest BCUT2D eigenvalue weighted by Crippen LogP contribution is -2.24. The number of carbonyl (C=O) groups is 1. The third kappa shape index (κ3) is 2.57. The van der Waals surface area contributed by atoms with Crippen molar-refractivity contribution in [2.75, 3.05) is 0 Å². The predicted molar refractivity (Wildman–Crippen MR) is 92.1 cm³/mol. The van der Waals surface area contributed by atoms with Gasteiger partial charge >= 0.3 is 0 Å². The van der Waals surface area contributed by atoms with Crippen LogP contribution in [0.4, 0.5) is 0 Å². The number of primary amides is 1. The van der Waals surface area contributed by atoms with Crippen molar-refractivity contribution in [1.29, 1.82) is 5.26 Å². The number of carbonyl (C=O) groups excluding carboxylic acids is 1. The molecule has 6 nitrogen and oxygen atoms in total. The molecule has 3 aromatic rings. The molecule has 0 saturated heterocycles. The molecule has 2 aromatic heterocycles. The number of nitriles is 1. The number of amides is 1. The summed E-state index contributed by atoms with van der Waals surface area (Å²) in [5.41, 5.74) is 7.21. The molecule has 0 aliphatic heterocycles. The molecule has 24 heavy (non-hydrogen) atoms. The second kappa shape index (κ2) is 5.91. The van der Waals surface area contributed by atoms with Gasteiger partial charge < -0.3 is 5.73 Å². The van der Waals surface area contributed by atoms with E-state index in [4.69, 9.17) is 11.0 Å². The van der Waals surface area contributed by atoms with E-state index in [1.54, 1.807) is 30.5 Å². The number of benzene rings is 1.